The first-order valence-electron chi connectivity index (χ1n) is 6.97. The summed E-state index contributed by atoms with van der Waals surface area (Å²) in [6.07, 6.45) is 1.46. The van der Waals surface area contributed by atoms with Crippen LogP contribution in [0.3, 0.4) is 0 Å². The van der Waals surface area contributed by atoms with E-state index in [1.165, 1.54) is 22.6 Å². The third-order valence-electron chi connectivity index (χ3n) is 3.45. The normalized spacial score (nSPS) is 16.4. The number of carbonyl (C=O) groups excluding carboxylic acids is 1. The summed E-state index contributed by atoms with van der Waals surface area (Å²) < 4.78 is 36.5. The molecular weight excluding hydrogens is 324 g/mol. The van der Waals surface area contributed by atoms with Gasteiger partial charge in [0.2, 0.25) is 5.09 Å². The van der Waals surface area contributed by atoms with Gasteiger partial charge in [0, 0.05) is 13.1 Å². The van der Waals surface area contributed by atoms with Crippen LogP contribution in [0.25, 0.3) is 0 Å². The molecule has 124 valence electrons. The van der Waals surface area contributed by atoms with Crippen LogP contribution in [0.4, 0.5) is 5.69 Å². The molecule has 2 N–H and O–H groups in total. The van der Waals surface area contributed by atoms with E-state index in [0.29, 0.717) is 24.6 Å². The Balaban J connectivity index is 1.77. The Morgan fingerprint density at radius 2 is 2.09 bits per heavy atom. The molecule has 0 aromatic carbocycles. The molecular formula is C13H16N4O5S. The Hall–Kier alpha value is -2.17. The predicted octanol–water partition coefficient (Wildman–Crippen LogP) is 0.584. The molecule has 10 heteroatoms. The van der Waals surface area contributed by atoms with E-state index in [1.54, 1.807) is 6.92 Å². The van der Waals surface area contributed by atoms with Crippen LogP contribution in [0.2, 0.25) is 0 Å². The lowest BCUT2D eigenvalue weighted by Gasteiger charge is -2.24. The van der Waals surface area contributed by atoms with Gasteiger partial charge in [-0.2, -0.15) is 9.40 Å². The number of aromatic nitrogens is 2. The lowest BCUT2D eigenvalue weighted by Crippen LogP contribution is -2.40. The second kappa shape index (κ2) is 6.14. The number of furan rings is 1. The number of hydrogen-bond acceptors (Lipinski definition) is 6. The Kier molecular flexibility index (Phi) is 4.20. The average molecular weight is 340 g/mol. The zero-order chi connectivity index (χ0) is 16.4. The molecule has 23 heavy (non-hydrogen) atoms. The van der Waals surface area contributed by atoms with E-state index < -0.39 is 15.9 Å². The van der Waals surface area contributed by atoms with Crippen LogP contribution in [0.5, 0.6) is 0 Å². The van der Waals surface area contributed by atoms with E-state index in [4.69, 9.17) is 9.15 Å². The van der Waals surface area contributed by atoms with Crippen LogP contribution in [0, 0.1) is 6.92 Å². The van der Waals surface area contributed by atoms with E-state index >= 15 is 0 Å². The van der Waals surface area contributed by atoms with Gasteiger partial charge < -0.3 is 14.5 Å². The highest BCUT2D eigenvalue weighted by atomic mass is 32.2. The molecule has 0 radical (unpaired) electrons. The van der Waals surface area contributed by atoms with Gasteiger partial charge >= 0.3 is 0 Å². The highest BCUT2D eigenvalue weighted by Crippen LogP contribution is 2.21. The number of H-pyrrole nitrogens is 1. The summed E-state index contributed by atoms with van der Waals surface area (Å²) in [6, 6.07) is 2.61. The van der Waals surface area contributed by atoms with Crippen molar-refractivity contribution in [2.75, 3.05) is 31.6 Å². The van der Waals surface area contributed by atoms with Gasteiger partial charge in [-0.1, -0.05) is 0 Å². The van der Waals surface area contributed by atoms with Gasteiger partial charge in [0.1, 0.15) is 0 Å². The van der Waals surface area contributed by atoms with Crippen molar-refractivity contribution in [1.29, 1.82) is 0 Å². The highest BCUT2D eigenvalue weighted by molar-refractivity contribution is 7.89. The topological polar surface area (TPSA) is 118 Å². The molecule has 1 aliphatic heterocycles. The smallest absolute Gasteiger partial charge is 0.291 e. The maximum absolute atomic E-state index is 12.4. The monoisotopic (exact) mass is 340 g/mol. The minimum Gasteiger partial charge on any atom is -0.438 e. The summed E-state index contributed by atoms with van der Waals surface area (Å²) in [5, 5.41) is 8.82. The molecule has 2 aromatic rings. The summed E-state index contributed by atoms with van der Waals surface area (Å²) >= 11 is 0. The van der Waals surface area contributed by atoms with Crippen LogP contribution in [-0.4, -0.2) is 55.1 Å². The average Bonchev–Trinajstić information content (AvgIpc) is 3.18. The predicted molar refractivity (Wildman–Crippen MR) is 79.6 cm³/mol. The highest BCUT2D eigenvalue weighted by Gasteiger charge is 2.30. The SMILES string of the molecule is Cc1[nH]ncc1NC(=O)c1ccc(S(=O)(=O)N2CCOCC2)o1. The van der Waals surface area contributed by atoms with Gasteiger partial charge in [-0.3, -0.25) is 9.89 Å². The molecule has 1 fully saturated rings. The fourth-order valence-electron chi connectivity index (χ4n) is 2.16. The summed E-state index contributed by atoms with van der Waals surface area (Å²) in [5.41, 5.74) is 1.19. The third-order valence-corrected chi connectivity index (χ3v) is 5.22. The van der Waals surface area contributed by atoms with Gasteiger partial charge in [0.15, 0.2) is 5.76 Å². The number of rotatable bonds is 4. The van der Waals surface area contributed by atoms with E-state index in [1.807, 2.05) is 0 Å². The number of amides is 1. The molecule has 1 aliphatic rings. The van der Waals surface area contributed by atoms with Crippen molar-refractivity contribution >= 4 is 21.6 Å². The van der Waals surface area contributed by atoms with Crippen LogP contribution in [0.15, 0.2) is 27.8 Å². The number of morpholine rings is 1. The summed E-state index contributed by atoms with van der Waals surface area (Å²) in [6.45, 7) is 2.96. The molecule has 0 spiro atoms. The molecule has 0 atom stereocenters. The van der Waals surface area contributed by atoms with Crippen molar-refractivity contribution in [3.63, 3.8) is 0 Å². The number of aryl methyl sites for hydroxylation is 1. The van der Waals surface area contributed by atoms with E-state index in [9.17, 15) is 13.2 Å². The van der Waals surface area contributed by atoms with Crippen LogP contribution < -0.4 is 5.32 Å². The zero-order valence-corrected chi connectivity index (χ0v) is 13.2. The Bertz CT molecular complexity index is 804. The first-order chi connectivity index (χ1) is 11.0. The van der Waals surface area contributed by atoms with Crippen molar-refractivity contribution in [1.82, 2.24) is 14.5 Å². The van der Waals surface area contributed by atoms with Gasteiger partial charge in [-0.15, -0.1) is 0 Å². The van der Waals surface area contributed by atoms with E-state index in [-0.39, 0.29) is 23.9 Å². The fourth-order valence-corrected chi connectivity index (χ4v) is 3.48. The van der Waals surface area contributed by atoms with Gasteiger partial charge in [0.25, 0.3) is 15.9 Å². The second-order valence-electron chi connectivity index (χ2n) is 5.00. The maximum Gasteiger partial charge on any atom is 0.291 e. The molecule has 9 nitrogen and oxygen atoms in total. The number of aromatic amines is 1. The van der Waals surface area contributed by atoms with Crippen molar-refractivity contribution in [3.05, 3.63) is 29.8 Å². The second-order valence-corrected chi connectivity index (χ2v) is 6.87. The molecule has 1 amide bonds. The number of hydrogen-bond donors (Lipinski definition) is 2. The minimum atomic E-state index is -3.76. The molecule has 2 aromatic heterocycles. The first kappa shape index (κ1) is 15.7. The largest absolute Gasteiger partial charge is 0.438 e. The number of anilines is 1. The lowest BCUT2D eigenvalue weighted by molar-refractivity contribution is 0.0723. The van der Waals surface area contributed by atoms with Gasteiger partial charge in [0.05, 0.1) is 30.8 Å². The van der Waals surface area contributed by atoms with Crippen molar-refractivity contribution in [2.24, 2.45) is 0 Å². The van der Waals surface area contributed by atoms with E-state index in [0.717, 1.165) is 0 Å². The molecule has 0 saturated carbocycles. The zero-order valence-electron chi connectivity index (χ0n) is 12.4. The lowest BCUT2D eigenvalue weighted by atomic mass is 10.3. The van der Waals surface area contributed by atoms with Crippen molar-refractivity contribution in [2.45, 2.75) is 12.0 Å². The summed E-state index contributed by atoms with van der Waals surface area (Å²) in [7, 11) is -3.76. The molecule has 3 heterocycles. The third kappa shape index (κ3) is 3.14. The maximum atomic E-state index is 12.4. The number of sulfonamides is 1. The Morgan fingerprint density at radius 3 is 2.74 bits per heavy atom. The van der Waals surface area contributed by atoms with Gasteiger partial charge in [-0.05, 0) is 19.1 Å². The molecule has 0 aliphatic carbocycles. The standard InChI is InChI=1S/C13H16N4O5S/c1-9-10(8-14-16-9)15-13(18)11-2-3-12(22-11)23(19,20)17-4-6-21-7-5-17/h2-3,8H,4-7H2,1H3,(H,14,16)(H,15,18). The Morgan fingerprint density at radius 1 is 1.35 bits per heavy atom. The van der Waals surface area contributed by atoms with Crippen LogP contribution in [-0.2, 0) is 14.8 Å². The molecule has 0 bridgehead atoms. The summed E-state index contributed by atoms with van der Waals surface area (Å²) in [4.78, 5) is 12.1. The Labute approximate surface area is 132 Å². The number of nitrogens with one attached hydrogen (secondary N) is 2. The van der Waals surface area contributed by atoms with Crippen molar-refractivity contribution in [3.8, 4) is 0 Å². The summed E-state index contributed by atoms with van der Waals surface area (Å²) in [5.74, 6) is -0.629. The molecule has 3 rings (SSSR count). The van der Waals surface area contributed by atoms with Crippen LogP contribution >= 0.6 is 0 Å². The minimum absolute atomic E-state index is 0.0857. The van der Waals surface area contributed by atoms with Gasteiger partial charge in [-0.25, -0.2) is 8.42 Å². The van der Waals surface area contributed by atoms with Crippen molar-refractivity contribution < 1.29 is 22.4 Å². The molecule has 1 saturated heterocycles. The van der Waals surface area contributed by atoms with E-state index in [2.05, 4.69) is 15.5 Å². The first-order valence-corrected chi connectivity index (χ1v) is 8.41. The van der Waals surface area contributed by atoms with Crippen LogP contribution in [0.1, 0.15) is 16.2 Å². The number of nitrogens with zero attached hydrogens (tertiary/aromatic N) is 2. The quantitative estimate of drug-likeness (QED) is 0.841. The number of carbonyl (C=O) groups is 1. The number of ether oxygens (including phenoxy) is 1. The molecule has 0 unspecified atom stereocenters. The fraction of sp³-hybridized carbons (Fsp3) is 0.385.